The molecule has 0 bridgehead atoms. The van der Waals surface area contributed by atoms with E-state index in [9.17, 15) is 4.79 Å². The third-order valence-corrected chi connectivity index (χ3v) is 5.04. The second-order valence-electron chi connectivity index (χ2n) is 6.38. The number of ether oxygens (including phenoxy) is 2. The maximum absolute atomic E-state index is 12.4. The number of methoxy groups -OCH3 is 2. The van der Waals surface area contributed by atoms with Gasteiger partial charge in [0.15, 0.2) is 0 Å². The number of hydrogen-bond donors (Lipinski definition) is 0. The molecule has 0 saturated carbocycles. The van der Waals surface area contributed by atoms with Crippen LogP contribution in [0.15, 0.2) is 18.2 Å². The number of carbonyl (C=O) groups is 1. The van der Waals surface area contributed by atoms with E-state index in [1.807, 2.05) is 17.0 Å². The van der Waals surface area contributed by atoms with E-state index >= 15 is 0 Å². The van der Waals surface area contributed by atoms with Crippen molar-refractivity contribution in [2.45, 2.75) is 18.3 Å². The first-order chi connectivity index (χ1) is 10.6. The van der Waals surface area contributed by atoms with Crippen LogP contribution in [0.5, 0.6) is 5.75 Å². The van der Waals surface area contributed by atoms with Gasteiger partial charge in [-0.2, -0.15) is 0 Å². The summed E-state index contributed by atoms with van der Waals surface area (Å²) in [5.74, 6) is 0.891. The molecule has 0 N–H and O–H groups in total. The molecule has 1 aromatic rings. The molecule has 1 saturated heterocycles. The van der Waals surface area contributed by atoms with Crippen LogP contribution < -0.4 is 9.64 Å². The van der Waals surface area contributed by atoms with Gasteiger partial charge in [0.05, 0.1) is 7.11 Å². The fourth-order valence-corrected chi connectivity index (χ4v) is 3.67. The third-order valence-electron chi connectivity index (χ3n) is 5.04. The van der Waals surface area contributed by atoms with Gasteiger partial charge in [-0.25, -0.2) is 0 Å². The number of amides is 1. The zero-order valence-corrected chi connectivity index (χ0v) is 13.6. The molecule has 2 aliphatic rings. The predicted molar refractivity (Wildman–Crippen MR) is 85.6 cm³/mol. The molecule has 2 aliphatic heterocycles. The number of carbonyl (C=O) groups excluding carboxylic acids is 1. The van der Waals surface area contributed by atoms with E-state index in [0.29, 0.717) is 0 Å². The van der Waals surface area contributed by atoms with E-state index in [-0.39, 0.29) is 17.9 Å². The van der Waals surface area contributed by atoms with E-state index < -0.39 is 0 Å². The Morgan fingerprint density at radius 3 is 2.64 bits per heavy atom. The second kappa shape index (κ2) is 5.89. The molecule has 1 aromatic carbocycles. The molecular weight excluding hydrogens is 280 g/mol. The van der Waals surface area contributed by atoms with Crippen molar-refractivity contribution in [3.8, 4) is 5.75 Å². The van der Waals surface area contributed by atoms with E-state index in [4.69, 9.17) is 9.47 Å². The molecule has 0 unspecified atom stereocenters. The lowest BCUT2D eigenvalue weighted by molar-refractivity contribution is -0.122. The highest BCUT2D eigenvalue weighted by molar-refractivity contribution is 5.97. The summed E-state index contributed by atoms with van der Waals surface area (Å²) in [4.78, 5) is 16.7. The van der Waals surface area contributed by atoms with Gasteiger partial charge in [0.1, 0.15) is 12.4 Å². The van der Waals surface area contributed by atoms with Gasteiger partial charge in [0.25, 0.3) is 5.91 Å². The molecule has 0 atom stereocenters. The van der Waals surface area contributed by atoms with Crippen molar-refractivity contribution in [1.29, 1.82) is 0 Å². The van der Waals surface area contributed by atoms with Crippen LogP contribution in [-0.2, 0) is 14.9 Å². The summed E-state index contributed by atoms with van der Waals surface area (Å²) >= 11 is 0. The molecule has 1 fully saturated rings. The highest BCUT2D eigenvalue weighted by Crippen LogP contribution is 2.48. The minimum Gasteiger partial charge on any atom is -0.497 e. The van der Waals surface area contributed by atoms with Gasteiger partial charge < -0.3 is 19.3 Å². The lowest BCUT2D eigenvalue weighted by atomic mass is 9.74. The molecule has 5 nitrogen and oxygen atoms in total. The van der Waals surface area contributed by atoms with Gasteiger partial charge in [-0.1, -0.05) is 0 Å². The van der Waals surface area contributed by atoms with Crippen LogP contribution in [0.1, 0.15) is 18.4 Å². The molecule has 0 radical (unpaired) electrons. The molecule has 0 aliphatic carbocycles. The predicted octanol–water partition coefficient (Wildman–Crippen LogP) is 1.65. The van der Waals surface area contributed by atoms with Crippen molar-refractivity contribution >= 4 is 11.6 Å². The topological polar surface area (TPSA) is 42.0 Å². The smallest absolute Gasteiger partial charge is 0.252 e. The average molecular weight is 304 g/mol. The summed E-state index contributed by atoms with van der Waals surface area (Å²) in [6.45, 7) is 3.00. The molecule has 1 spiro atoms. The first kappa shape index (κ1) is 15.3. The Hall–Kier alpha value is -1.59. The molecule has 5 heteroatoms. The van der Waals surface area contributed by atoms with Crippen molar-refractivity contribution in [1.82, 2.24) is 4.90 Å². The summed E-state index contributed by atoms with van der Waals surface area (Å²) in [5, 5.41) is 0. The SMILES string of the molecule is COCC(=O)N1CC2(CCN(C)CC2)c2cc(OC)ccc21. The normalized spacial score (nSPS) is 20.2. The van der Waals surface area contributed by atoms with Crippen LogP contribution >= 0.6 is 0 Å². The minimum atomic E-state index is 0.0321. The molecule has 120 valence electrons. The standard InChI is InChI=1S/C17H24N2O3/c1-18-8-6-17(7-9-18)12-19(16(20)11-21-2)15-5-4-13(22-3)10-14(15)17/h4-5,10H,6-9,11-12H2,1-3H3. The zero-order chi connectivity index (χ0) is 15.7. The summed E-state index contributed by atoms with van der Waals surface area (Å²) in [6, 6.07) is 6.05. The molecular formula is C17H24N2O3. The maximum atomic E-state index is 12.4. The number of rotatable bonds is 3. The fraction of sp³-hybridized carbons (Fsp3) is 0.588. The third kappa shape index (κ3) is 2.48. The van der Waals surface area contributed by atoms with Crippen LogP contribution in [0.25, 0.3) is 0 Å². The van der Waals surface area contributed by atoms with Crippen LogP contribution in [-0.4, -0.2) is 58.3 Å². The molecule has 3 rings (SSSR count). The number of likely N-dealkylation sites (tertiary alicyclic amines) is 1. The largest absolute Gasteiger partial charge is 0.497 e. The monoisotopic (exact) mass is 304 g/mol. The number of anilines is 1. The van der Waals surface area contributed by atoms with Gasteiger partial charge in [-0.05, 0) is 56.7 Å². The molecule has 0 aromatic heterocycles. The summed E-state index contributed by atoms with van der Waals surface area (Å²) in [7, 11) is 5.40. The fourth-order valence-electron chi connectivity index (χ4n) is 3.67. The van der Waals surface area contributed by atoms with Crippen molar-refractivity contribution in [3.05, 3.63) is 23.8 Å². The lowest BCUT2D eigenvalue weighted by Crippen LogP contribution is -2.45. The van der Waals surface area contributed by atoms with Gasteiger partial charge >= 0.3 is 0 Å². The van der Waals surface area contributed by atoms with E-state index in [1.165, 1.54) is 5.56 Å². The number of fused-ring (bicyclic) bond motifs is 2. The second-order valence-corrected chi connectivity index (χ2v) is 6.38. The van der Waals surface area contributed by atoms with Gasteiger partial charge in [0, 0.05) is 24.8 Å². The summed E-state index contributed by atoms with van der Waals surface area (Å²) in [6.07, 6.45) is 2.14. The zero-order valence-electron chi connectivity index (χ0n) is 13.6. The van der Waals surface area contributed by atoms with E-state index in [0.717, 1.165) is 43.9 Å². The highest BCUT2D eigenvalue weighted by atomic mass is 16.5. The van der Waals surface area contributed by atoms with Crippen molar-refractivity contribution in [3.63, 3.8) is 0 Å². The van der Waals surface area contributed by atoms with Crippen molar-refractivity contribution in [2.24, 2.45) is 0 Å². The Morgan fingerprint density at radius 2 is 2.00 bits per heavy atom. The lowest BCUT2D eigenvalue weighted by Gasteiger charge is -2.38. The highest BCUT2D eigenvalue weighted by Gasteiger charge is 2.46. The Morgan fingerprint density at radius 1 is 1.27 bits per heavy atom. The Kier molecular flexibility index (Phi) is 4.10. The van der Waals surface area contributed by atoms with Crippen LogP contribution in [0, 0.1) is 0 Å². The molecule has 22 heavy (non-hydrogen) atoms. The number of benzene rings is 1. The van der Waals surface area contributed by atoms with E-state index in [2.05, 4.69) is 18.0 Å². The van der Waals surface area contributed by atoms with Crippen LogP contribution in [0.2, 0.25) is 0 Å². The van der Waals surface area contributed by atoms with Gasteiger partial charge in [-0.15, -0.1) is 0 Å². The van der Waals surface area contributed by atoms with Crippen molar-refractivity contribution in [2.75, 3.05) is 52.4 Å². The maximum Gasteiger partial charge on any atom is 0.252 e. The van der Waals surface area contributed by atoms with Crippen molar-refractivity contribution < 1.29 is 14.3 Å². The quantitative estimate of drug-likeness (QED) is 0.851. The Balaban J connectivity index is 1.99. The average Bonchev–Trinajstić information content (AvgIpc) is 2.85. The summed E-state index contributed by atoms with van der Waals surface area (Å²) < 4.78 is 10.4. The van der Waals surface area contributed by atoms with E-state index in [1.54, 1.807) is 14.2 Å². The minimum absolute atomic E-state index is 0.0321. The van der Waals surface area contributed by atoms with Gasteiger partial charge in [-0.3, -0.25) is 4.79 Å². The molecule has 1 amide bonds. The van der Waals surface area contributed by atoms with Crippen LogP contribution in [0.4, 0.5) is 5.69 Å². The summed E-state index contributed by atoms with van der Waals surface area (Å²) in [5.41, 5.74) is 2.33. The Labute approximate surface area is 131 Å². The number of nitrogens with zero attached hydrogens (tertiary/aromatic N) is 2. The Bertz CT molecular complexity index is 565. The molecule has 2 heterocycles. The number of hydrogen-bond acceptors (Lipinski definition) is 4. The first-order valence-electron chi connectivity index (χ1n) is 7.76. The number of piperidine rings is 1. The first-order valence-corrected chi connectivity index (χ1v) is 7.76. The van der Waals surface area contributed by atoms with Gasteiger partial charge in [0.2, 0.25) is 0 Å². The van der Waals surface area contributed by atoms with Crippen LogP contribution in [0.3, 0.4) is 0 Å².